The molecule has 1 aliphatic rings. The van der Waals surface area contributed by atoms with E-state index in [0.29, 0.717) is 11.5 Å². The maximum absolute atomic E-state index is 8.97. The molecule has 3 N–H and O–H groups in total. The van der Waals surface area contributed by atoms with Gasteiger partial charge in [0.1, 0.15) is 0 Å². The van der Waals surface area contributed by atoms with Gasteiger partial charge < -0.3 is 5.32 Å². The van der Waals surface area contributed by atoms with Gasteiger partial charge in [-0.2, -0.15) is 10.6 Å². The fourth-order valence-electron chi connectivity index (χ4n) is 0.698. The van der Waals surface area contributed by atoms with Crippen molar-refractivity contribution in [3.05, 3.63) is 0 Å². The molecule has 0 amide bonds. The zero-order chi connectivity index (χ0) is 8.04. The molecule has 0 atom stereocenters. The van der Waals surface area contributed by atoms with E-state index in [1.807, 2.05) is 13.8 Å². The van der Waals surface area contributed by atoms with Crippen LogP contribution < -0.4 is 5.32 Å². The predicted octanol–water partition coefficient (Wildman–Crippen LogP) is 1.37. The van der Waals surface area contributed by atoms with Gasteiger partial charge in [0.15, 0.2) is 0 Å². The topological polar surface area (TPSA) is 52.5 Å². The van der Waals surface area contributed by atoms with Crippen LogP contribution in [0.2, 0.25) is 0 Å². The van der Waals surface area contributed by atoms with Crippen molar-refractivity contribution in [2.45, 2.75) is 13.8 Å². The Morgan fingerprint density at radius 1 is 1.10 bits per heavy atom. The van der Waals surface area contributed by atoms with Gasteiger partial charge in [-0.3, -0.25) is 9.11 Å². The molecular weight excluding hydrogens is 150 g/mol. The second-order valence-corrected chi connectivity index (χ2v) is 4.38. The number of hydrogen-bond acceptors (Lipinski definition) is 3. The maximum Gasteiger partial charge on any atom is 0.0499 e. The Morgan fingerprint density at radius 3 is 1.70 bits per heavy atom. The number of nitrogens with one attached hydrogen (secondary N) is 1. The second kappa shape index (κ2) is 4.96. The first kappa shape index (κ1) is 10.2. The normalized spacial score (nSPS) is 26.0. The summed E-state index contributed by atoms with van der Waals surface area (Å²) in [6.45, 7) is 5.50. The molecule has 1 saturated heterocycles. The van der Waals surface area contributed by atoms with E-state index in [-0.39, 0.29) is 0 Å². The van der Waals surface area contributed by atoms with Crippen molar-refractivity contribution in [2.75, 3.05) is 24.6 Å². The summed E-state index contributed by atoms with van der Waals surface area (Å²) in [6.07, 6.45) is 0. The van der Waals surface area contributed by atoms with Gasteiger partial charge in [-0.25, -0.2) is 0 Å². The first-order valence-corrected chi connectivity index (χ1v) is 5.53. The fourth-order valence-corrected chi connectivity index (χ4v) is 1.84. The molecule has 64 valence electrons. The monoisotopic (exact) mass is 167 g/mol. The third-order valence-electron chi connectivity index (χ3n) is 1.21. The van der Waals surface area contributed by atoms with Crippen LogP contribution in [0, 0.1) is 0 Å². The SMILES string of the molecule is CC.OS1(O)CCNCC1. The molecule has 0 unspecified atom stereocenters. The van der Waals surface area contributed by atoms with Crippen molar-refractivity contribution in [3.63, 3.8) is 0 Å². The van der Waals surface area contributed by atoms with Gasteiger partial charge in [0.05, 0.1) is 0 Å². The minimum absolute atomic E-state index is 0.535. The fraction of sp³-hybridized carbons (Fsp3) is 1.00. The van der Waals surface area contributed by atoms with Crippen molar-refractivity contribution in [1.82, 2.24) is 5.32 Å². The Bertz CT molecular complexity index is 79.8. The van der Waals surface area contributed by atoms with Crippen LogP contribution >= 0.6 is 10.6 Å². The van der Waals surface area contributed by atoms with Crippen LogP contribution in [0.3, 0.4) is 0 Å². The highest BCUT2D eigenvalue weighted by Gasteiger charge is 2.14. The lowest BCUT2D eigenvalue weighted by molar-refractivity contribution is 0.473. The highest BCUT2D eigenvalue weighted by Crippen LogP contribution is 2.38. The molecule has 0 aliphatic carbocycles. The lowest BCUT2D eigenvalue weighted by Gasteiger charge is -2.35. The largest absolute Gasteiger partial charge is 0.314 e. The van der Waals surface area contributed by atoms with Crippen LogP contribution in [0.4, 0.5) is 0 Å². The Hall–Kier alpha value is 0.230. The summed E-state index contributed by atoms with van der Waals surface area (Å²) in [5, 5.41) is 3.04. The maximum atomic E-state index is 8.97. The van der Waals surface area contributed by atoms with Gasteiger partial charge in [-0.15, -0.1) is 0 Å². The van der Waals surface area contributed by atoms with Crippen LogP contribution in [-0.2, 0) is 0 Å². The van der Waals surface area contributed by atoms with Crippen molar-refractivity contribution < 1.29 is 9.11 Å². The van der Waals surface area contributed by atoms with E-state index in [4.69, 9.17) is 9.11 Å². The summed E-state index contributed by atoms with van der Waals surface area (Å²) in [7, 11) is -2.15. The van der Waals surface area contributed by atoms with E-state index in [0.717, 1.165) is 13.1 Å². The van der Waals surface area contributed by atoms with Crippen molar-refractivity contribution in [2.24, 2.45) is 0 Å². The van der Waals surface area contributed by atoms with E-state index >= 15 is 0 Å². The molecule has 10 heavy (non-hydrogen) atoms. The molecule has 0 saturated carbocycles. The number of rotatable bonds is 0. The average molecular weight is 167 g/mol. The molecule has 1 heterocycles. The molecule has 4 heteroatoms. The van der Waals surface area contributed by atoms with Crippen LogP contribution in [0.25, 0.3) is 0 Å². The van der Waals surface area contributed by atoms with Gasteiger partial charge >= 0.3 is 0 Å². The molecule has 1 aliphatic heterocycles. The Labute approximate surface area is 64.2 Å². The lowest BCUT2D eigenvalue weighted by Crippen LogP contribution is -2.33. The summed E-state index contributed by atoms with van der Waals surface area (Å²) in [6, 6.07) is 0. The zero-order valence-electron chi connectivity index (χ0n) is 6.63. The van der Waals surface area contributed by atoms with Crippen LogP contribution in [0.1, 0.15) is 13.8 Å². The molecule has 1 rings (SSSR count). The second-order valence-electron chi connectivity index (χ2n) is 1.96. The molecule has 3 nitrogen and oxygen atoms in total. The van der Waals surface area contributed by atoms with E-state index in [9.17, 15) is 0 Å². The summed E-state index contributed by atoms with van der Waals surface area (Å²) < 4.78 is 17.9. The van der Waals surface area contributed by atoms with Gasteiger partial charge in [0, 0.05) is 24.6 Å². The molecule has 0 aromatic rings. The van der Waals surface area contributed by atoms with E-state index in [1.54, 1.807) is 0 Å². The first-order chi connectivity index (χ1) is 4.71. The van der Waals surface area contributed by atoms with Crippen molar-refractivity contribution >= 4 is 10.6 Å². The predicted molar refractivity (Wildman–Crippen MR) is 46.8 cm³/mol. The lowest BCUT2D eigenvalue weighted by atomic mass is 10.6. The minimum atomic E-state index is -2.15. The molecule has 0 bridgehead atoms. The van der Waals surface area contributed by atoms with Gasteiger partial charge in [-0.05, 0) is 0 Å². The van der Waals surface area contributed by atoms with E-state index in [1.165, 1.54) is 0 Å². The third kappa shape index (κ3) is 4.11. The highest BCUT2D eigenvalue weighted by atomic mass is 32.3. The van der Waals surface area contributed by atoms with E-state index in [2.05, 4.69) is 5.32 Å². The summed E-state index contributed by atoms with van der Waals surface area (Å²) >= 11 is 0. The molecular formula is C6H17NO2S. The Balaban J connectivity index is 0.000000371. The standard InChI is InChI=1S/C4H11NO2S.C2H6/c6-8(7)3-1-5-2-4-8;1-2/h5-7H,1-4H2;1-2H3. The Kier molecular flexibility index (Phi) is 5.07. The van der Waals surface area contributed by atoms with Crippen LogP contribution in [0.5, 0.6) is 0 Å². The van der Waals surface area contributed by atoms with Crippen LogP contribution in [-0.4, -0.2) is 33.7 Å². The molecule has 0 aromatic carbocycles. The van der Waals surface area contributed by atoms with Crippen molar-refractivity contribution in [3.8, 4) is 0 Å². The summed E-state index contributed by atoms with van der Waals surface area (Å²) in [5.74, 6) is 1.07. The molecule has 0 radical (unpaired) electrons. The highest BCUT2D eigenvalue weighted by molar-refractivity contribution is 8.24. The quantitative estimate of drug-likeness (QED) is 0.510. The van der Waals surface area contributed by atoms with E-state index < -0.39 is 10.6 Å². The van der Waals surface area contributed by atoms with Crippen LogP contribution in [0.15, 0.2) is 0 Å². The van der Waals surface area contributed by atoms with Gasteiger partial charge in [0.2, 0.25) is 0 Å². The average Bonchev–Trinajstić information content (AvgIpc) is 1.92. The molecule has 1 fully saturated rings. The van der Waals surface area contributed by atoms with Gasteiger partial charge in [0.25, 0.3) is 0 Å². The third-order valence-corrected chi connectivity index (χ3v) is 2.93. The molecule has 0 aromatic heterocycles. The van der Waals surface area contributed by atoms with Gasteiger partial charge in [-0.1, -0.05) is 13.8 Å². The van der Waals surface area contributed by atoms with Crippen molar-refractivity contribution in [1.29, 1.82) is 0 Å². The smallest absolute Gasteiger partial charge is 0.0499 e. The molecule has 0 spiro atoms. The minimum Gasteiger partial charge on any atom is -0.314 e. The summed E-state index contributed by atoms with van der Waals surface area (Å²) in [4.78, 5) is 0. The number of hydrogen-bond donors (Lipinski definition) is 3. The first-order valence-electron chi connectivity index (χ1n) is 3.65. The summed E-state index contributed by atoms with van der Waals surface area (Å²) in [5.41, 5.74) is 0. The Morgan fingerprint density at radius 2 is 1.50 bits per heavy atom. The zero-order valence-corrected chi connectivity index (χ0v) is 7.45.